The summed E-state index contributed by atoms with van der Waals surface area (Å²) in [5.74, 6) is -0.773. The quantitative estimate of drug-likeness (QED) is 0.873. The van der Waals surface area contributed by atoms with Crippen LogP contribution in [0.25, 0.3) is 11.3 Å². The molecule has 0 bridgehead atoms. The lowest BCUT2D eigenvalue weighted by Crippen LogP contribution is -2.12. The van der Waals surface area contributed by atoms with Crippen molar-refractivity contribution in [3.8, 4) is 11.3 Å². The molecule has 1 aromatic heterocycles. The molecule has 21 heavy (non-hydrogen) atoms. The van der Waals surface area contributed by atoms with E-state index in [1.165, 1.54) is 6.92 Å². The van der Waals surface area contributed by atoms with Crippen LogP contribution >= 0.6 is 0 Å². The van der Waals surface area contributed by atoms with Gasteiger partial charge in [-0.05, 0) is 42.3 Å². The summed E-state index contributed by atoms with van der Waals surface area (Å²) in [6.07, 6.45) is 1.66. The van der Waals surface area contributed by atoms with Gasteiger partial charge in [0.25, 0.3) is 0 Å². The molecule has 2 rings (SSSR count). The van der Waals surface area contributed by atoms with Gasteiger partial charge in [0, 0.05) is 24.2 Å². The van der Waals surface area contributed by atoms with Crippen LogP contribution in [0.5, 0.6) is 0 Å². The fourth-order valence-electron chi connectivity index (χ4n) is 2.01. The van der Waals surface area contributed by atoms with Crippen LogP contribution in [0.2, 0.25) is 0 Å². The summed E-state index contributed by atoms with van der Waals surface area (Å²) in [6.45, 7) is 3.41. The Balaban J connectivity index is 2.29. The Morgan fingerprint density at radius 3 is 2.62 bits per heavy atom. The second kappa shape index (κ2) is 6.17. The monoisotopic (exact) mass is 284 g/mol. The Kier molecular flexibility index (Phi) is 4.33. The van der Waals surface area contributed by atoms with Crippen molar-refractivity contribution in [3.63, 3.8) is 0 Å². The summed E-state index contributed by atoms with van der Waals surface area (Å²) in [6, 6.07) is 8.98. The number of benzene rings is 1. The van der Waals surface area contributed by atoms with E-state index in [0.29, 0.717) is 5.56 Å². The van der Waals surface area contributed by atoms with Crippen LogP contribution in [0.4, 0.5) is 0 Å². The van der Waals surface area contributed by atoms with Crippen LogP contribution in [0.15, 0.2) is 36.5 Å². The maximum atomic E-state index is 11.2. The van der Waals surface area contributed by atoms with Crippen molar-refractivity contribution in [1.82, 2.24) is 4.98 Å². The van der Waals surface area contributed by atoms with Gasteiger partial charge in [0.15, 0.2) is 0 Å². The van der Waals surface area contributed by atoms with Gasteiger partial charge in [-0.1, -0.05) is 6.07 Å². The van der Waals surface area contributed by atoms with Gasteiger partial charge < -0.3 is 10.5 Å². The van der Waals surface area contributed by atoms with Gasteiger partial charge in [0.05, 0.1) is 5.69 Å². The summed E-state index contributed by atoms with van der Waals surface area (Å²) in [5.41, 5.74) is 9.07. The predicted octanol–water partition coefficient (Wildman–Crippen LogP) is 2.22. The molecule has 108 valence electrons. The van der Waals surface area contributed by atoms with Crippen LogP contribution in [-0.4, -0.2) is 16.9 Å². The van der Waals surface area contributed by atoms with E-state index < -0.39 is 5.91 Å². The molecule has 0 aliphatic heterocycles. The smallest absolute Gasteiger partial charge is 0.302 e. The van der Waals surface area contributed by atoms with E-state index in [0.717, 1.165) is 22.4 Å². The van der Waals surface area contributed by atoms with Gasteiger partial charge in [0.1, 0.15) is 6.61 Å². The summed E-state index contributed by atoms with van der Waals surface area (Å²) < 4.78 is 4.97. The van der Waals surface area contributed by atoms with E-state index in [2.05, 4.69) is 4.98 Å². The molecular formula is C16H16N2O3. The fraction of sp³-hybridized carbons (Fsp3) is 0.188. The summed E-state index contributed by atoms with van der Waals surface area (Å²) in [4.78, 5) is 26.4. The van der Waals surface area contributed by atoms with Crippen LogP contribution in [0.1, 0.15) is 28.4 Å². The number of hydrogen-bond donors (Lipinski definition) is 1. The number of hydrogen-bond acceptors (Lipinski definition) is 4. The SMILES string of the molecule is CC(=O)OCc1ccnc(-c2ccc(C(N)=O)c(C)c2)c1. The topological polar surface area (TPSA) is 82.3 Å². The Bertz CT molecular complexity index is 696. The first-order valence-corrected chi connectivity index (χ1v) is 6.46. The van der Waals surface area contributed by atoms with Crippen molar-refractivity contribution in [2.75, 3.05) is 0 Å². The molecule has 5 heteroatoms. The Hall–Kier alpha value is -2.69. The lowest BCUT2D eigenvalue weighted by atomic mass is 10.0. The molecule has 2 N–H and O–H groups in total. The molecule has 0 radical (unpaired) electrons. The van der Waals surface area contributed by atoms with Gasteiger partial charge >= 0.3 is 5.97 Å². The minimum absolute atomic E-state index is 0.212. The number of ether oxygens (including phenoxy) is 1. The van der Waals surface area contributed by atoms with Crippen LogP contribution in [0, 0.1) is 6.92 Å². The highest BCUT2D eigenvalue weighted by atomic mass is 16.5. The standard InChI is InChI=1S/C16H16N2O3/c1-10-7-13(3-4-14(10)16(17)20)15-8-12(5-6-18-15)9-21-11(2)19/h3-8H,9H2,1-2H3,(H2,17,20). The molecule has 0 saturated heterocycles. The zero-order valence-corrected chi connectivity index (χ0v) is 11.9. The molecule has 1 heterocycles. The third-order valence-corrected chi connectivity index (χ3v) is 3.05. The van der Waals surface area contributed by atoms with Gasteiger partial charge in [-0.2, -0.15) is 0 Å². The number of aryl methyl sites for hydroxylation is 1. The maximum absolute atomic E-state index is 11.2. The molecule has 0 atom stereocenters. The average Bonchev–Trinajstić information content (AvgIpc) is 2.45. The van der Waals surface area contributed by atoms with Gasteiger partial charge in [-0.25, -0.2) is 0 Å². The largest absolute Gasteiger partial charge is 0.461 e. The lowest BCUT2D eigenvalue weighted by Gasteiger charge is -2.07. The van der Waals surface area contributed by atoms with E-state index in [1.54, 1.807) is 24.4 Å². The van der Waals surface area contributed by atoms with E-state index in [1.807, 2.05) is 19.1 Å². The predicted molar refractivity (Wildman–Crippen MR) is 78.4 cm³/mol. The third kappa shape index (κ3) is 3.66. The first-order valence-electron chi connectivity index (χ1n) is 6.46. The molecule has 1 amide bonds. The average molecular weight is 284 g/mol. The molecule has 0 fully saturated rings. The zero-order chi connectivity index (χ0) is 15.4. The highest BCUT2D eigenvalue weighted by Gasteiger charge is 2.08. The normalized spacial score (nSPS) is 10.2. The number of rotatable bonds is 4. The van der Waals surface area contributed by atoms with Crippen molar-refractivity contribution in [2.45, 2.75) is 20.5 Å². The molecule has 0 spiro atoms. The molecule has 0 aliphatic carbocycles. The minimum Gasteiger partial charge on any atom is -0.461 e. The van der Waals surface area contributed by atoms with Crippen LogP contribution in [-0.2, 0) is 16.1 Å². The summed E-state index contributed by atoms with van der Waals surface area (Å²) >= 11 is 0. The molecule has 2 aromatic rings. The van der Waals surface area contributed by atoms with Crippen LogP contribution in [0.3, 0.4) is 0 Å². The summed E-state index contributed by atoms with van der Waals surface area (Å²) in [7, 11) is 0. The van der Waals surface area contributed by atoms with Crippen molar-refractivity contribution < 1.29 is 14.3 Å². The molecule has 5 nitrogen and oxygen atoms in total. The van der Waals surface area contributed by atoms with E-state index in [-0.39, 0.29) is 12.6 Å². The minimum atomic E-state index is -0.449. The van der Waals surface area contributed by atoms with Crippen molar-refractivity contribution >= 4 is 11.9 Å². The maximum Gasteiger partial charge on any atom is 0.302 e. The van der Waals surface area contributed by atoms with E-state index in [4.69, 9.17) is 10.5 Å². The second-order valence-electron chi connectivity index (χ2n) is 4.72. The van der Waals surface area contributed by atoms with Crippen molar-refractivity contribution in [1.29, 1.82) is 0 Å². The second-order valence-corrected chi connectivity index (χ2v) is 4.72. The molecule has 0 aliphatic rings. The highest BCUT2D eigenvalue weighted by molar-refractivity contribution is 5.94. The van der Waals surface area contributed by atoms with Gasteiger partial charge in [-0.15, -0.1) is 0 Å². The molecular weight excluding hydrogens is 268 g/mol. The van der Waals surface area contributed by atoms with Crippen molar-refractivity contribution in [3.05, 3.63) is 53.2 Å². The first kappa shape index (κ1) is 14.7. The summed E-state index contributed by atoms with van der Waals surface area (Å²) in [5, 5.41) is 0. The number of primary amides is 1. The number of amides is 1. The number of pyridine rings is 1. The van der Waals surface area contributed by atoms with E-state index in [9.17, 15) is 9.59 Å². The number of nitrogens with zero attached hydrogens (tertiary/aromatic N) is 1. The van der Waals surface area contributed by atoms with E-state index >= 15 is 0 Å². The van der Waals surface area contributed by atoms with Crippen molar-refractivity contribution in [2.24, 2.45) is 5.73 Å². The Labute approximate surface area is 122 Å². The fourth-order valence-corrected chi connectivity index (χ4v) is 2.01. The molecule has 1 aromatic carbocycles. The number of esters is 1. The first-order chi connectivity index (χ1) is 9.97. The Morgan fingerprint density at radius 2 is 2.00 bits per heavy atom. The Morgan fingerprint density at radius 1 is 1.24 bits per heavy atom. The van der Waals surface area contributed by atoms with Crippen LogP contribution < -0.4 is 5.73 Å². The molecule has 0 unspecified atom stereocenters. The number of carbonyl (C=O) groups is 2. The van der Waals surface area contributed by atoms with Gasteiger partial charge in [-0.3, -0.25) is 14.6 Å². The van der Waals surface area contributed by atoms with Gasteiger partial charge in [0.2, 0.25) is 5.91 Å². The number of carbonyl (C=O) groups excluding carboxylic acids is 2. The number of nitrogens with two attached hydrogens (primary N) is 1. The molecule has 0 saturated carbocycles. The number of aromatic nitrogens is 1. The lowest BCUT2D eigenvalue weighted by molar-refractivity contribution is -0.142. The highest BCUT2D eigenvalue weighted by Crippen LogP contribution is 2.21. The third-order valence-electron chi connectivity index (χ3n) is 3.05. The zero-order valence-electron chi connectivity index (χ0n) is 11.9.